The van der Waals surface area contributed by atoms with E-state index in [2.05, 4.69) is 31.9 Å². The molecule has 0 atom stereocenters. The molecule has 0 bridgehead atoms. The zero-order valence-electron chi connectivity index (χ0n) is 7.67. The zero-order chi connectivity index (χ0) is 11.0. The molecule has 5 heteroatoms. The molecule has 1 fully saturated rings. The summed E-state index contributed by atoms with van der Waals surface area (Å²) < 4.78 is 1.73. The summed E-state index contributed by atoms with van der Waals surface area (Å²) in [5, 5.41) is 0. The van der Waals surface area contributed by atoms with Gasteiger partial charge in [0.15, 0.2) is 5.78 Å². The van der Waals surface area contributed by atoms with E-state index in [4.69, 9.17) is 0 Å². The third-order valence-corrected chi connectivity index (χ3v) is 3.31. The number of amides is 1. The van der Waals surface area contributed by atoms with Crippen LogP contribution in [0.5, 0.6) is 0 Å². The Hall–Kier alpha value is -0.680. The van der Waals surface area contributed by atoms with Crippen molar-refractivity contribution in [1.82, 2.24) is 0 Å². The average Bonchev–Trinajstić information content (AvgIpc) is 2.45. The maximum Gasteiger partial charge on any atom is 0.234 e. The molecule has 0 aromatic heterocycles. The zero-order valence-corrected chi connectivity index (χ0v) is 10.8. The average molecular weight is 333 g/mol. The first-order valence-electron chi connectivity index (χ1n) is 4.35. The molecule has 0 N–H and O–H groups in total. The van der Waals surface area contributed by atoms with Crippen molar-refractivity contribution in [3.63, 3.8) is 0 Å². The molecule has 1 aromatic carbocycles. The summed E-state index contributed by atoms with van der Waals surface area (Å²) in [5.74, 6) is -0.169. The largest absolute Gasteiger partial charge is 0.303 e. The number of carbonyl (C=O) groups is 2. The number of anilines is 1. The molecular formula is C10H7Br2NO2. The number of carbonyl (C=O) groups excluding carboxylic acids is 2. The van der Waals surface area contributed by atoms with Gasteiger partial charge in [0.1, 0.15) is 0 Å². The first-order valence-corrected chi connectivity index (χ1v) is 5.93. The SMILES string of the molecule is O=C1CC(=O)N(c2ccc(Br)cc2Br)C1. The fraction of sp³-hybridized carbons (Fsp3) is 0.200. The standard InChI is InChI=1S/C10H7Br2NO2/c11-6-1-2-9(8(12)3-6)13-5-7(14)4-10(13)15/h1-3H,4-5H2. The van der Waals surface area contributed by atoms with Gasteiger partial charge < -0.3 is 4.90 Å². The fourth-order valence-electron chi connectivity index (χ4n) is 1.50. The van der Waals surface area contributed by atoms with Gasteiger partial charge in [-0.15, -0.1) is 0 Å². The number of ketones is 1. The number of rotatable bonds is 1. The Morgan fingerprint density at radius 1 is 1.20 bits per heavy atom. The number of nitrogens with zero attached hydrogens (tertiary/aromatic N) is 1. The summed E-state index contributed by atoms with van der Waals surface area (Å²) in [7, 11) is 0. The van der Waals surface area contributed by atoms with E-state index >= 15 is 0 Å². The minimum Gasteiger partial charge on any atom is -0.303 e. The summed E-state index contributed by atoms with van der Waals surface area (Å²) >= 11 is 6.70. The van der Waals surface area contributed by atoms with Crippen LogP contribution in [0.2, 0.25) is 0 Å². The van der Waals surface area contributed by atoms with Crippen LogP contribution in [0.25, 0.3) is 0 Å². The maximum atomic E-state index is 11.5. The Morgan fingerprint density at radius 2 is 1.93 bits per heavy atom. The third kappa shape index (κ3) is 2.13. The van der Waals surface area contributed by atoms with Crippen LogP contribution in [0.3, 0.4) is 0 Å². The van der Waals surface area contributed by atoms with Crippen LogP contribution in [0.1, 0.15) is 6.42 Å². The van der Waals surface area contributed by atoms with E-state index in [1.807, 2.05) is 18.2 Å². The lowest BCUT2D eigenvalue weighted by atomic mass is 10.3. The van der Waals surface area contributed by atoms with Gasteiger partial charge >= 0.3 is 0 Å². The van der Waals surface area contributed by atoms with Crippen LogP contribution in [0, 0.1) is 0 Å². The molecule has 0 unspecified atom stereocenters. The lowest BCUT2D eigenvalue weighted by molar-refractivity contribution is -0.121. The van der Waals surface area contributed by atoms with Crippen LogP contribution in [-0.4, -0.2) is 18.2 Å². The number of Topliss-reactive ketones (excluding diaryl/α,β-unsaturated/α-hetero) is 1. The van der Waals surface area contributed by atoms with Crippen molar-refractivity contribution in [2.45, 2.75) is 6.42 Å². The Balaban J connectivity index is 2.38. The molecule has 1 aromatic rings. The van der Waals surface area contributed by atoms with E-state index in [1.54, 1.807) is 0 Å². The van der Waals surface area contributed by atoms with Crippen molar-refractivity contribution < 1.29 is 9.59 Å². The Kier molecular flexibility index (Phi) is 2.93. The van der Waals surface area contributed by atoms with Crippen molar-refractivity contribution in [2.75, 3.05) is 11.4 Å². The Labute approximate surface area is 104 Å². The lowest BCUT2D eigenvalue weighted by Gasteiger charge is -2.16. The van der Waals surface area contributed by atoms with Gasteiger partial charge in [0.25, 0.3) is 0 Å². The van der Waals surface area contributed by atoms with Crippen LogP contribution < -0.4 is 4.90 Å². The molecule has 78 valence electrons. The minimum absolute atomic E-state index is 0.0164. The molecule has 0 aliphatic carbocycles. The van der Waals surface area contributed by atoms with Crippen LogP contribution in [-0.2, 0) is 9.59 Å². The quantitative estimate of drug-likeness (QED) is 0.741. The second kappa shape index (κ2) is 4.06. The van der Waals surface area contributed by atoms with Gasteiger partial charge in [-0.2, -0.15) is 0 Å². The van der Waals surface area contributed by atoms with Crippen LogP contribution >= 0.6 is 31.9 Å². The number of halogens is 2. The van der Waals surface area contributed by atoms with E-state index < -0.39 is 0 Å². The van der Waals surface area contributed by atoms with Crippen molar-refractivity contribution in [3.8, 4) is 0 Å². The van der Waals surface area contributed by atoms with Crippen molar-refractivity contribution in [1.29, 1.82) is 0 Å². The molecule has 3 nitrogen and oxygen atoms in total. The van der Waals surface area contributed by atoms with Gasteiger partial charge in [0.2, 0.25) is 5.91 Å². The van der Waals surface area contributed by atoms with Gasteiger partial charge in [-0.25, -0.2) is 0 Å². The molecule has 1 amide bonds. The predicted octanol–water partition coefficient (Wildman–Crippen LogP) is 2.52. The Morgan fingerprint density at radius 3 is 2.47 bits per heavy atom. The first-order chi connectivity index (χ1) is 7.08. The highest BCUT2D eigenvalue weighted by Gasteiger charge is 2.29. The van der Waals surface area contributed by atoms with Crippen LogP contribution in [0.15, 0.2) is 27.1 Å². The monoisotopic (exact) mass is 331 g/mol. The highest BCUT2D eigenvalue weighted by Crippen LogP contribution is 2.31. The summed E-state index contributed by atoms with van der Waals surface area (Å²) in [6.07, 6.45) is 0.0164. The van der Waals surface area contributed by atoms with Gasteiger partial charge in [-0.05, 0) is 34.1 Å². The van der Waals surface area contributed by atoms with E-state index in [0.717, 1.165) is 14.6 Å². The maximum absolute atomic E-state index is 11.5. The number of hydrogen-bond donors (Lipinski definition) is 0. The van der Waals surface area contributed by atoms with E-state index in [0.29, 0.717) is 0 Å². The first kappa shape index (κ1) is 10.8. The molecule has 1 aliphatic heterocycles. The smallest absolute Gasteiger partial charge is 0.234 e. The summed E-state index contributed by atoms with van der Waals surface area (Å²) in [6.45, 7) is 0.180. The highest BCUT2D eigenvalue weighted by atomic mass is 79.9. The molecule has 1 aliphatic rings. The lowest BCUT2D eigenvalue weighted by Crippen LogP contribution is -2.24. The second-order valence-corrected chi connectivity index (χ2v) is 5.06. The predicted molar refractivity (Wildman–Crippen MR) is 63.8 cm³/mol. The van der Waals surface area contributed by atoms with Crippen molar-refractivity contribution in [2.24, 2.45) is 0 Å². The van der Waals surface area contributed by atoms with Crippen molar-refractivity contribution >= 4 is 49.2 Å². The molecule has 0 saturated carbocycles. The number of hydrogen-bond acceptors (Lipinski definition) is 2. The van der Waals surface area contributed by atoms with E-state index in [-0.39, 0.29) is 24.7 Å². The Bertz CT molecular complexity index is 445. The van der Waals surface area contributed by atoms with Crippen molar-refractivity contribution in [3.05, 3.63) is 27.1 Å². The summed E-state index contributed by atoms with van der Waals surface area (Å²) in [6, 6.07) is 5.51. The topological polar surface area (TPSA) is 37.4 Å². The highest BCUT2D eigenvalue weighted by molar-refractivity contribution is 9.11. The molecule has 2 rings (SSSR count). The summed E-state index contributed by atoms with van der Waals surface area (Å²) in [4.78, 5) is 24.1. The van der Waals surface area contributed by atoms with Gasteiger partial charge in [0.05, 0.1) is 18.7 Å². The second-order valence-electron chi connectivity index (χ2n) is 3.29. The third-order valence-electron chi connectivity index (χ3n) is 2.18. The van der Waals surface area contributed by atoms with Gasteiger partial charge in [-0.3, -0.25) is 9.59 Å². The fourth-order valence-corrected chi connectivity index (χ4v) is 2.77. The molecule has 1 saturated heterocycles. The molecule has 0 spiro atoms. The molecule has 1 heterocycles. The van der Waals surface area contributed by atoms with E-state index in [1.165, 1.54) is 4.90 Å². The van der Waals surface area contributed by atoms with Crippen LogP contribution in [0.4, 0.5) is 5.69 Å². The minimum atomic E-state index is -0.136. The molecular weight excluding hydrogens is 326 g/mol. The number of benzene rings is 1. The molecule has 0 radical (unpaired) electrons. The van der Waals surface area contributed by atoms with Gasteiger partial charge in [-0.1, -0.05) is 15.9 Å². The molecule has 15 heavy (non-hydrogen) atoms. The van der Waals surface area contributed by atoms with E-state index in [9.17, 15) is 9.59 Å². The normalized spacial score (nSPS) is 16.3. The van der Waals surface area contributed by atoms with Gasteiger partial charge in [0, 0.05) is 8.95 Å². The summed E-state index contributed by atoms with van der Waals surface area (Å²) in [5.41, 5.74) is 0.744.